The minimum Gasteiger partial charge on any atom is -0.395 e. The Morgan fingerprint density at radius 3 is 3.00 bits per heavy atom. The zero-order valence-electron chi connectivity index (χ0n) is 8.20. The summed E-state index contributed by atoms with van der Waals surface area (Å²) in [7, 11) is 0. The molecule has 0 aliphatic carbocycles. The van der Waals surface area contributed by atoms with Crippen molar-refractivity contribution >= 4 is 29.2 Å². The van der Waals surface area contributed by atoms with Crippen LogP contribution in [0.15, 0.2) is 17.3 Å². The second-order valence-electron chi connectivity index (χ2n) is 3.00. The van der Waals surface area contributed by atoms with Gasteiger partial charge in [0.1, 0.15) is 10.9 Å². The van der Waals surface area contributed by atoms with Crippen molar-refractivity contribution in [3.63, 3.8) is 0 Å². The molecule has 0 aliphatic rings. The van der Waals surface area contributed by atoms with E-state index in [2.05, 4.69) is 4.98 Å². The van der Waals surface area contributed by atoms with E-state index in [9.17, 15) is 0 Å². The van der Waals surface area contributed by atoms with Crippen LogP contribution in [0.5, 0.6) is 0 Å². The van der Waals surface area contributed by atoms with Crippen molar-refractivity contribution < 1.29 is 5.11 Å². The van der Waals surface area contributed by atoms with E-state index < -0.39 is 0 Å². The highest BCUT2D eigenvalue weighted by Crippen LogP contribution is 2.30. The van der Waals surface area contributed by atoms with E-state index in [0.29, 0.717) is 15.6 Å². The molecule has 4 nitrogen and oxygen atoms in total. The van der Waals surface area contributed by atoms with Crippen molar-refractivity contribution in [3.05, 3.63) is 22.8 Å². The number of rotatable bonds is 4. The molecule has 0 aliphatic heterocycles. The van der Waals surface area contributed by atoms with Crippen LogP contribution >= 0.6 is 23.4 Å². The van der Waals surface area contributed by atoms with Gasteiger partial charge in [-0.2, -0.15) is 0 Å². The van der Waals surface area contributed by atoms with Gasteiger partial charge in [-0.3, -0.25) is 5.41 Å². The van der Waals surface area contributed by atoms with Gasteiger partial charge in [-0.05, 0) is 6.07 Å². The molecule has 1 atom stereocenters. The Bertz CT molecular complexity index is 372. The lowest BCUT2D eigenvalue weighted by Crippen LogP contribution is -2.12. The number of amidine groups is 1. The van der Waals surface area contributed by atoms with Crippen LogP contribution < -0.4 is 5.73 Å². The Morgan fingerprint density at radius 2 is 2.47 bits per heavy atom. The average molecular weight is 246 g/mol. The molecule has 0 aromatic carbocycles. The second kappa shape index (κ2) is 5.34. The van der Waals surface area contributed by atoms with Gasteiger partial charge in [0.25, 0.3) is 0 Å². The first kappa shape index (κ1) is 12.3. The van der Waals surface area contributed by atoms with E-state index in [1.807, 2.05) is 6.92 Å². The zero-order valence-corrected chi connectivity index (χ0v) is 9.77. The summed E-state index contributed by atoms with van der Waals surface area (Å²) < 4.78 is 0. The summed E-state index contributed by atoms with van der Waals surface area (Å²) in [4.78, 5) is 4.08. The summed E-state index contributed by atoms with van der Waals surface area (Å²) in [6, 6.07) is 1.60. The number of nitrogens with two attached hydrogens (primary N) is 1. The van der Waals surface area contributed by atoms with Crippen LogP contribution in [0.2, 0.25) is 5.02 Å². The highest BCUT2D eigenvalue weighted by molar-refractivity contribution is 8.00. The summed E-state index contributed by atoms with van der Waals surface area (Å²) in [6.07, 6.45) is 1.55. The molecular formula is C9H12ClN3OS. The van der Waals surface area contributed by atoms with Crippen molar-refractivity contribution in [1.29, 1.82) is 5.41 Å². The fourth-order valence-corrected chi connectivity index (χ4v) is 2.08. The van der Waals surface area contributed by atoms with Crippen LogP contribution in [0.3, 0.4) is 0 Å². The maximum atomic E-state index is 8.91. The average Bonchev–Trinajstić information content (AvgIpc) is 2.20. The molecule has 1 heterocycles. The van der Waals surface area contributed by atoms with E-state index in [1.54, 1.807) is 12.3 Å². The fraction of sp³-hybridized carbons (Fsp3) is 0.333. The van der Waals surface area contributed by atoms with Crippen molar-refractivity contribution in [2.24, 2.45) is 5.73 Å². The van der Waals surface area contributed by atoms with E-state index in [4.69, 9.17) is 27.9 Å². The van der Waals surface area contributed by atoms with Crippen LogP contribution in [-0.2, 0) is 0 Å². The summed E-state index contributed by atoms with van der Waals surface area (Å²) in [5.41, 5.74) is 5.83. The molecule has 0 saturated carbocycles. The third-order valence-electron chi connectivity index (χ3n) is 1.72. The van der Waals surface area contributed by atoms with Gasteiger partial charge in [0.15, 0.2) is 0 Å². The van der Waals surface area contributed by atoms with Crippen LogP contribution in [0.25, 0.3) is 0 Å². The molecule has 4 N–H and O–H groups in total. The first-order valence-electron chi connectivity index (χ1n) is 4.32. The quantitative estimate of drug-likeness (QED) is 0.426. The Labute approximate surface area is 97.4 Å². The molecule has 0 radical (unpaired) electrons. The normalized spacial score (nSPS) is 12.5. The van der Waals surface area contributed by atoms with E-state index in [-0.39, 0.29) is 17.7 Å². The third-order valence-corrected chi connectivity index (χ3v) is 3.30. The number of pyridine rings is 1. The SMILES string of the molecule is CC(CO)Sc1nccc(C(=N)N)c1Cl. The Kier molecular flexibility index (Phi) is 4.38. The molecule has 6 heteroatoms. The van der Waals surface area contributed by atoms with E-state index in [1.165, 1.54) is 11.8 Å². The van der Waals surface area contributed by atoms with Crippen LogP contribution in [0, 0.1) is 5.41 Å². The van der Waals surface area contributed by atoms with Crippen LogP contribution in [-0.4, -0.2) is 27.8 Å². The van der Waals surface area contributed by atoms with Crippen molar-refractivity contribution in [3.8, 4) is 0 Å². The summed E-state index contributed by atoms with van der Waals surface area (Å²) in [5, 5.41) is 17.2. The lowest BCUT2D eigenvalue weighted by Gasteiger charge is -2.10. The zero-order chi connectivity index (χ0) is 11.4. The first-order valence-corrected chi connectivity index (χ1v) is 5.58. The largest absolute Gasteiger partial charge is 0.395 e. The predicted molar refractivity (Wildman–Crippen MR) is 62.7 cm³/mol. The predicted octanol–water partition coefficient (Wildman–Crippen LogP) is 1.49. The molecule has 82 valence electrons. The molecule has 0 spiro atoms. The molecule has 0 bridgehead atoms. The number of halogens is 1. The Balaban J connectivity index is 2.99. The van der Waals surface area contributed by atoms with Gasteiger partial charge in [-0.15, -0.1) is 0 Å². The van der Waals surface area contributed by atoms with Gasteiger partial charge in [-0.25, -0.2) is 4.98 Å². The van der Waals surface area contributed by atoms with Crippen LogP contribution in [0.4, 0.5) is 0 Å². The fourth-order valence-electron chi connectivity index (χ4n) is 0.943. The molecule has 0 saturated heterocycles. The number of hydrogen-bond donors (Lipinski definition) is 3. The van der Waals surface area contributed by atoms with Gasteiger partial charge < -0.3 is 10.8 Å². The topological polar surface area (TPSA) is 83.0 Å². The molecule has 1 unspecified atom stereocenters. The standard InChI is InChI=1S/C9H12ClN3OS/c1-5(4-14)15-9-7(10)6(8(11)12)2-3-13-9/h2-3,5,14H,4H2,1H3,(H3,11,12). The number of nitrogens with zero attached hydrogens (tertiary/aromatic N) is 1. The van der Waals surface area contributed by atoms with E-state index >= 15 is 0 Å². The number of nitrogens with one attached hydrogen (secondary N) is 1. The van der Waals surface area contributed by atoms with E-state index in [0.717, 1.165) is 0 Å². The third kappa shape index (κ3) is 3.09. The highest BCUT2D eigenvalue weighted by Gasteiger charge is 2.12. The molecule has 1 rings (SSSR count). The number of thioether (sulfide) groups is 1. The summed E-state index contributed by atoms with van der Waals surface area (Å²) in [6.45, 7) is 1.91. The second-order valence-corrected chi connectivity index (χ2v) is 4.81. The highest BCUT2D eigenvalue weighted by atomic mass is 35.5. The maximum Gasteiger partial charge on any atom is 0.124 e. The lowest BCUT2D eigenvalue weighted by molar-refractivity contribution is 0.300. The van der Waals surface area contributed by atoms with Gasteiger partial charge in [0.05, 0.1) is 11.6 Å². The molecule has 1 aromatic rings. The Morgan fingerprint density at radius 1 is 1.80 bits per heavy atom. The number of nitrogen functional groups attached to an aromatic ring is 1. The van der Waals surface area contributed by atoms with Gasteiger partial charge in [0, 0.05) is 17.0 Å². The van der Waals surface area contributed by atoms with Crippen molar-refractivity contribution in [2.45, 2.75) is 17.2 Å². The molecule has 0 fully saturated rings. The maximum absolute atomic E-state index is 8.91. The molecule has 1 aromatic heterocycles. The van der Waals surface area contributed by atoms with Crippen molar-refractivity contribution in [2.75, 3.05) is 6.61 Å². The number of hydrogen-bond acceptors (Lipinski definition) is 4. The smallest absolute Gasteiger partial charge is 0.124 e. The first-order chi connectivity index (χ1) is 7.06. The molecule has 0 amide bonds. The summed E-state index contributed by atoms with van der Waals surface area (Å²) >= 11 is 7.38. The van der Waals surface area contributed by atoms with Gasteiger partial charge in [0.2, 0.25) is 0 Å². The van der Waals surface area contributed by atoms with Crippen molar-refractivity contribution in [1.82, 2.24) is 4.98 Å². The summed E-state index contributed by atoms with van der Waals surface area (Å²) in [5.74, 6) is -0.0825. The molecule has 15 heavy (non-hydrogen) atoms. The number of aromatic nitrogens is 1. The Hall–Kier alpha value is -0.780. The lowest BCUT2D eigenvalue weighted by atomic mass is 10.2. The van der Waals surface area contributed by atoms with Crippen LogP contribution in [0.1, 0.15) is 12.5 Å². The molecular weight excluding hydrogens is 234 g/mol. The monoisotopic (exact) mass is 245 g/mol. The van der Waals surface area contributed by atoms with Gasteiger partial charge in [-0.1, -0.05) is 30.3 Å². The van der Waals surface area contributed by atoms with Gasteiger partial charge >= 0.3 is 0 Å². The number of aliphatic hydroxyl groups is 1. The minimum absolute atomic E-state index is 0.0113. The number of aliphatic hydroxyl groups excluding tert-OH is 1. The minimum atomic E-state index is -0.0825.